The molecule has 0 aromatic heterocycles. The van der Waals surface area contributed by atoms with E-state index in [1.807, 2.05) is 0 Å². The molecule has 0 amide bonds. The summed E-state index contributed by atoms with van der Waals surface area (Å²) in [7, 11) is 1.48. The Morgan fingerprint density at radius 3 is 2.41 bits per heavy atom. The number of nitrogens with zero attached hydrogens (tertiary/aromatic N) is 1. The predicted octanol–water partition coefficient (Wildman–Crippen LogP) is 5.43. The highest BCUT2D eigenvalue weighted by Crippen LogP contribution is 2.47. The van der Waals surface area contributed by atoms with E-state index in [4.69, 9.17) is 13.9 Å². The summed E-state index contributed by atoms with van der Waals surface area (Å²) in [6, 6.07) is 4.32. The summed E-state index contributed by atoms with van der Waals surface area (Å²) in [5.41, 5.74) is 1.46. The Labute approximate surface area is 208 Å². The highest BCUT2D eigenvalue weighted by atomic mass is 28.4. The summed E-state index contributed by atoms with van der Waals surface area (Å²) in [5.74, 6) is 8.67. The van der Waals surface area contributed by atoms with Crippen molar-refractivity contribution in [2.75, 3.05) is 33.9 Å². The van der Waals surface area contributed by atoms with Crippen molar-refractivity contribution in [3.63, 3.8) is 0 Å². The number of methoxy groups -OCH3 is 2. The van der Waals surface area contributed by atoms with E-state index >= 15 is 0 Å². The summed E-state index contributed by atoms with van der Waals surface area (Å²) in [5, 5.41) is 12.1. The maximum atomic E-state index is 12.0. The summed E-state index contributed by atoms with van der Waals surface area (Å²) < 4.78 is 17.4. The second-order valence-electron chi connectivity index (χ2n) is 12.0. The molecule has 0 radical (unpaired) electrons. The van der Waals surface area contributed by atoms with Crippen LogP contribution in [0.3, 0.4) is 0 Å². The van der Waals surface area contributed by atoms with Crippen molar-refractivity contribution >= 4 is 8.32 Å². The van der Waals surface area contributed by atoms with Gasteiger partial charge in [0, 0.05) is 31.5 Å². The van der Waals surface area contributed by atoms with Crippen LogP contribution in [0, 0.1) is 23.7 Å². The van der Waals surface area contributed by atoms with Crippen molar-refractivity contribution in [2.45, 2.75) is 83.7 Å². The third kappa shape index (κ3) is 5.65. The minimum Gasteiger partial charge on any atom is -0.493 e. The van der Waals surface area contributed by atoms with Gasteiger partial charge < -0.3 is 19.0 Å². The molecular weight excluding hydrogens is 442 g/mol. The molecule has 0 spiro atoms. The number of ether oxygens (including phenoxy) is 2. The van der Waals surface area contributed by atoms with E-state index in [-0.39, 0.29) is 17.0 Å². The second kappa shape index (κ2) is 10.2. The average molecular weight is 488 g/mol. The molecule has 1 saturated heterocycles. The van der Waals surface area contributed by atoms with Gasteiger partial charge in [-0.1, -0.05) is 46.5 Å². The van der Waals surface area contributed by atoms with Gasteiger partial charge in [-0.3, -0.25) is 4.90 Å². The highest BCUT2D eigenvalue weighted by molar-refractivity contribution is 6.74. The number of benzene rings is 1. The lowest BCUT2D eigenvalue weighted by Crippen LogP contribution is -2.54. The van der Waals surface area contributed by atoms with Crippen LogP contribution in [0.1, 0.15) is 64.6 Å². The Bertz CT molecular complexity index is 927. The van der Waals surface area contributed by atoms with Crippen LogP contribution in [0.25, 0.3) is 0 Å². The Hall–Kier alpha value is -1.52. The molecule has 1 fully saturated rings. The molecule has 2 aliphatic heterocycles. The van der Waals surface area contributed by atoms with Crippen LogP contribution < -0.4 is 9.47 Å². The third-order valence-electron chi connectivity index (χ3n) is 8.12. The van der Waals surface area contributed by atoms with Gasteiger partial charge in [0.25, 0.3) is 0 Å². The first-order valence-corrected chi connectivity index (χ1v) is 15.6. The fourth-order valence-corrected chi connectivity index (χ4v) is 5.91. The lowest BCUT2D eigenvalue weighted by Gasteiger charge is -2.50. The van der Waals surface area contributed by atoms with Gasteiger partial charge in [-0.25, -0.2) is 0 Å². The van der Waals surface area contributed by atoms with Crippen LogP contribution >= 0.6 is 0 Å². The normalized spacial score (nSPS) is 25.3. The molecule has 1 aromatic rings. The van der Waals surface area contributed by atoms with E-state index in [1.54, 1.807) is 14.2 Å². The molecule has 0 saturated carbocycles. The van der Waals surface area contributed by atoms with Crippen molar-refractivity contribution in [3.05, 3.63) is 23.3 Å². The number of aliphatic hydroxyl groups is 1. The Morgan fingerprint density at radius 1 is 1.18 bits per heavy atom. The first kappa shape index (κ1) is 27.1. The molecule has 34 heavy (non-hydrogen) atoms. The van der Waals surface area contributed by atoms with E-state index in [0.29, 0.717) is 18.9 Å². The zero-order valence-corrected chi connectivity index (χ0v) is 23.7. The maximum Gasteiger partial charge on any atom is 0.193 e. The molecule has 2 aliphatic rings. The molecule has 6 heteroatoms. The smallest absolute Gasteiger partial charge is 0.193 e. The first-order valence-electron chi connectivity index (χ1n) is 12.7. The molecule has 1 N–H and O–H groups in total. The van der Waals surface area contributed by atoms with E-state index in [0.717, 1.165) is 37.4 Å². The highest BCUT2D eigenvalue weighted by Gasteiger charge is 2.47. The Kier molecular flexibility index (Phi) is 8.14. The van der Waals surface area contributed by atoms with Crippen LogP contribution in [0.2, 0.25) is 18.1 Å². The van der Waals surface area contributed by atoms with Crippen molar-refractivity contribution in [2.24, 2.45) is 11.8 Å². The first-order chi connectivity index (χ1) is 15.8. The van der Waals surface area contributed by atoms with Gasteiger partial charge in [-0.2, -0.15) is 0 Å². The lowest BCUT2D eigenvalue weighted by molar-refractivity contribution is -0.0648. The fourth-order valence-electron chi connectivity index (χ4n) is 5.05. The minimum absolute atomic E-state index is 0.116. The molecule has 0 aliphatic carbocycles. The van der Waals surface area contributed by atoms with Gasteiger partial charge >= 0.3 is 0 Å². The quantitative estimate of drug-likeness (QED) is 0.429. The maximum absolute atomic E-state index is 12.0. The number of fused-ring (bicyclic) bond motifs is 3. The molecule has 3 rings (SSSR count). The summed E-state index contributed by atoms with van der Waals surface area (Å²) >= 11 is 0. The standard InChI is InChI=1S/C28H45NO4Si/c1-20(2)15-22-19-29-13-11-21-16-25(31-6)26(32-7)17-23(21)24(29)18-28(22,30)12-10-14-33-34(8,9)27(3,4)5/h16-17,20,22,24,30H,11,13-15,18-19H2,1-9H3/t22-,24-,28-/m1/s1. The van der Waals surface area contributed by atoms with Crippen molar-refractivity contribution in [1.82, 2.24) is 4.90 Å². The van der Waals surface area contributed by atoms with Crippen LogP contribution in [0.15, 0.2) is 12.1 Å². The minimum atomic E-state index is -1.87. The molecule has 5 nitrogen and oxygen atoms in total. The topological polar surface area (TPSA) is 51.2 Å². The molecule has 1 aromatic carbocycles. The van der Waals surface area contributed by atoms with Gasteiger partial charge in [0.1, 0.15) is 5.60 Å². The van der Waals surface area contributed by atoms with Gasteiger partial charge in [-0.05, 0) is 60.2 Å². The van der Waals surface area contributed by atoms with E-state index in [9.17, 15) is 5.11 Å². The second-order valence-corrected chi connectivity index (χ2v) is 16.8. The van der Waals surface area contributed by atoms with Gasteiger partial charge in [0.05, 0.1) is 20.8 Å². The number of hydrogen-bond acceptors (Lipinski definition) is 5. The summed E-state index contributed by atoms with van der Waals surface area (Å²) in [4.78, 5) is 2.53. The molecule has 190 valence electrons. The molecule has 0 unspecified atom stereocenters. The lowest BCUT2D eigenvalue weighted by atomic mass is 9.71. The summed E-state index contributed by atoms with van der Waals surface area (Å²) in [6.45, 7) is 17.9. The molecule has 0 bridgehead atoms. The summed E-state index contributed by atoms with van der Waals surface area (Å²) in [6.07, 6.45) is 2.53. The number of rotatable bonds is 6. The third-order valence-corrected chi connectivity index (χ3v) is 12.6. The van der Waals surface area contributed by atoms with Crippen LogP contribution in [0.4, 0.5) is 0 Å². The van der Waals surface area contributed by atoms with Crippen molar-refractivity contribution in [3.8, 4) is 23.3 Å². The zero-order chi connectivity index (χ0) is 25.3. The Balaban J connectivity index is 1.89. The van der Waals surface area contributed by atoms with E-state index < -0.39 is 13.9 Å². The number of piperidine rings is 1. The van der Waals surface area contributed by atoms with Gasteiger partial charge in [-0.15, -0.1) is 0 Å². The van der Waals surface area contributed by atoms with E-state index in [2.05, 4.69) is 76.6 Å². The van der Waals surface area contributed by atoms with Crippen LogP contribution in [-0.2, 0) is 10.8 Å². The van der Waals surface area contributed by atoms with Gasteiger partial charge in [0.15, 0.2) is 19.8 Å². The molecule has 2 heterocycles. The largest absolute Gasteiger partial charge is 0.493 e. The molecular formula is C28H45NO4Si. The average Bonchev–Trinajstić information content (AvgIpc) is 2.75. The predicted molar refractivity (Wildman–Crippen MR) is 141 cm³/mol. The SMILES string of the molecule is COc1cc2c(cc1OC)[C@H]1C[C@](O)(C#CCO[Si](C)(C)C(C)(C)C)[C@H](CC(C)C)CN1CC2. The van der Waals surface area contributed by atoms with Crippen LogP contribution in [0.5, 0.6) is 11.5 Å². The van der Waals surface area contributed by atoms with Crippen molar-refractivity contribution in [1.29, 1.82) is 0 Å². The zero-order valence-electron chi connectivity index (χ0n) is 22.7. The van der Waals surface area contributed by atoms with Crippen LogP contribution in [-0.4, -0.2) is 57.8 Å². The molecule has 3 atom stereocenters. The van der Waals surface area contributed by atoms with E-state index in [1.165, 1.54) is 11.1 Å². The van der Waals surface area contributed by atoms with Crippen molar-refractivity contribution < 1.29 is 19.0 Å². The number of hydrogen-bond donors (Lipinski definition) is 1. The Morgan fingerprint density at radius 2 is 1.82 bits per heavy atom. The monoisotopic (exact) mass is 487 g/mol. The van der Waals surface area contributed by atoms with Gasteiger partial charge in [0.2, 0.25) is 0 Å². The fraction of sp³-hybridized carbons (Fsp3) is 0.714.